The van der Waals surface area contributed by atoms with Gasteiger partial charge in [0, 0.05) is 18.8 Å². The third kappa shape index (κ3) is 1.89. The number of hydrogen-bond acceptors (Lipinski definition) is 4. The second-order valence-electron chi connectivity index (χ2n) is 4.09. The smallest absolute Gasteiger partial charge is 0.343 e. The van der Waals surface area contributed by atoms with Gasteiger partial charge in [-0.25, -0.2) is 4.79 Å². The van der Waals surface area contributed by atoms with Crippen molar-refractivity contribution in [1.29, 1.82) is 0 Å². The Kier molecular flexibility index (Phi) is 3.12. The molecule has 0 aliphatic carbocycles. The number of anilines is 1. The highest BCUT2D eigenvalue weighted by Crippen LogP contribution is 2.24. The van der Waals surface area contributed by atoms with Crippen LogP contribution in [0.25, 0.3) is 0 Å². The molecule has 0 saturated carbocycles. The molecule has 1 aromatic heterocycles. The minimum absolute atomic E-state index is 0.313. The van der Waals surface area contributed by atoms with Crippen molar-refractivity contribution in [2.75, 3.05) is 25.1 Å². The van der Waals surface area contributed by atoms with Gasteiger partial charge >= 0.3 is 5.97 Å². The fraction of sp³-hybridized carbons (Fsp3) is 0.636. The molecule has 1 aromatic rings. The molecule has 1 fully saturated rings. The standard InChI is InChI=1S/C11H17N3O2/c1-8-9(11(15)16-2)10(13-12-8)14-6-4-3-5-7-14/h3-7H2,1-2H3,(H,12,13). The summed E-state index contributed by atoms with van der Waals surface area (Å²) in [5.74, 6) is 0.427. The summed E-state index contributed by atoms with van der Waals surface area (Å²) in [6, 6.07) is 0. The number of esters is 1. The Bertz CT molecular complexity index is 381. The maximum atomic E-state index is 11.6. The van der Waals surface area contributed by atoms with Crippen LogP contribution in [0.15, 0.2) is 0 Å². The van der Waals surface area contributed by atoms with Crippen molar-refractivity contribution < 1.29 is 9.53 Å². The summed E-state index contributed by atoms with van der Waals surface area (Å²) in [6.45, 7) is 3.77. The van der Waals surface area contributed by atoms with E-state index < -0.39 is 0 Å². The van der Waals surface area contributed by atoms with Crippen molar-refractivity contribution in [3.63, 3.8) is 0 Å². The Balaban J connectivity index is 2.29. The highest BCUT2D eigenvalue weighted by molar-refractivity contribution is 5.96. The second-order valence-corrected chi connectivity index (χ2v) is 4.09. The summed E-state index contributed by atoms with van der Waals surface area (Å²) in [5, 5.41) is 7.07. The topological polar surface area (TPSA) is 58.2 Å². The third-order valence-electron chi connectivity index (χ3n) is 2.97. The van der Waals surface area contributed by atoms with Gasteiger partial charge < -0.3 is 9.64 Å². The molecule has 0 amide bonds. The lowest BCUT2D eigenvalue weighted by Gasteiger charge is -2.27. The number of hydrogen-bond donors (Lipinski definition) is 1. The van der Waals surface area contributed by atoms with Crippen LogP contribution in [0.3, 0.4) is 0 Å². The number of methoxy groups -OCH3 is 1. The first-order chi connectivity index (χ1) is 7.74. The summed E-state index contributed by atoms with van der Waals surface area (Å²) in [7, 11) is 1.40. The van der Waals surface area contributed by atoms with Gasteiger partial charge in [-0.15, -0.1) is 0 Å². The number of ether oxygens (including phenoxy) is 1. The van der Waals surface area contributed by atoms with Gasteiger partial charge in [0.1, 0.15) is 5.56 Å². The van der Waals surface area contributed by atoms with E-state index in [1.54, 1.807) is 0 Å². The summed E-state index contributed by atoms with van der Waals surface area (Å²) in [5.41, 5.74) is 1.34. The van der Waals surface area contributed by atoms with Crippen LogP contribution in [-0.2, 0) is 4.74 Å². The molecule has 0 aromatic carbocycles. The third-order valence-corrected chi connectivity index (χ3v) is 2.97. The summed E-state index contributed by atoms with van der Waals surface area (Å²) in [4.78, 5) is 13.8. The molecule has 2 heterocycles. The zero-order chi connectivity index (χ0) is 11.5. The van der Waals surface area contributed by atoms with E-state index in [1.165, 1.54) is 13.5 Å². The van der Waals surface area contributed by atoms with E-state index in [9.17, 15) is 4.79 Å². The van der Waals surface area contributed by atoms with Gasteiger partial charge in [-0.1, -0.05) is 0 Å². The van der Waals surface area contributed by atoms with Gasteiger partial charge in [-0.2, -0.15) is 5.10 Å². The van der Waals surface area contributed by atoms with Crippen molar-refractivity contribution in [1.82, 2.24) is 10.2 Å². The number of carbonyl (C=O) groups is 1. The number of aryl methyl sites for hydroxylation is 1. The SMILES string of the molecule is COC(=O)c1c(N2CCCCC2)n[nH]c1C. The number of rotatable bonds is 2. The van der Waals surface area contributed by atoms with Gasteiger partial charge in [0.05, 0.1) is 7.11 Å². The monoisotopic (exact) mass is 223 g/mol. The lowest BCUT2D eigenvalue weighted by atomic mass is 10.1. The lowest BCUT2D eigenvalue weighted by Crippen LogP contribution is -2.31. The Hall–Kier alpha value is -1.52. The van der Waals surface area contributed by atoms with Crippen molar-refractivity contribution in [2.45, 2.75) is 26.2 Å². The molecule has 0 spiro atoms. The zero-order valence-electron chi connectivity index (χ0n) is 9.75. The molecule has 1 saturated heterocycles. The predicted octanol–water partition coefficient (Wildman–Crippen LogP) is 1.50. The highest BCUT2D eigenvalue weighted by Gasteiger charge is 2.24. The molecular weight excluding hydrogens is 206 g/mol. The van der Waals surface area contributed by atoms with Gasteiger partial charge in [0.15, 0.2) is 5.82 Å². The predicted molar refractivity (Wildman–Crippen MR) is 60.7 cm³/mol. The fourth-order valence-electron chi connectivity index (χ4n) is 2.10. The quantitative estimate of drug-likeness (QED) is 0.772. The molecular formula is C11H17N3O2. The Labute approximate surface area is 94.8 Å². The van der Waals surface area contributed by atoms with E-state index >= 15 is 0 Å². The van der Waals surface area contributed by atoms with Crippen LogP contribution >= 0.6 is 0 Å². The van der Waals surface area contributed by atoms with E-state index in [0.29, 0.717) is 5.56 Å². The van der Waals surface area contributed by atoms with Crippen LogP contribution in [-0.4, -0.2) is 36.4 Å². The number of aromatic amines is 1. The van der Waals surface area contributed by atoms with Crippen molar-refractivity contribution in [3.8, 4) is 0 Å². The Morgan fingerprint density at radius 2 is 2.06 bits per heavy atom. The van der Waals surface area contributed by atoms with Crippen LogP contribution < -0.4 is 4.90 Å². The Morgan fingerprint density at radius 3 is 2.69 bits per heavy atom. The largest absolute Gasteiger partial charge is 0.465 e. The Morgan fingerprint density at radius 1 is 1.38 bits per heavy atom. The van der Waals surface area contributed by atoms with E-state index in [-0.39, 0.29) is 5.97 Å². The maximum absolute atomic E-state index is 11.6. The lowest BCUT2D eigenvalue weighted by molar-refractivity contribution is 0.0600. The molecule has 0 unspecified atom stereocenters. The minimum atomic E-state index is -0.313. The zero-order valence-corrected chi connectivity index (χ0v) is 9.75. The first-order valence-corrected chi connectivity index (χ1v) is 5.62. The minimum Gasteiger partial charge on any atom is -0.465 e. The summed E-state index contributed by atoms with van der Waals surface area (Å²) >= 11 is 0. The summed E-state index contributed by atoms with van der Waals surface area (Å²) in [6.07, 6.45) is 3.58. The van der Waals surface area contributed by atoms with Gasteiger partial charge in [-0.05, 0) is 26.2 Å². The number of H-pyrrole nitrogens is 1. The van der Waals surface area contributed by atoms with Crippen LogP contribution in [0.4, 0.5) is 5.82 Å². The number of carbonyl (C=O) groups excluding carboxylic acids is 1. The average molecular weight is 223 g/mol. The fourth-order valence-corrected chi connectivity index (χ4v) is 2.10. The highest BCUT2D eigenvalue weighted by atomic mass is 16.5. The maximum Gasteiger partial charge on any atom is 0.343 e. The van der Waals surface area contributed by atoms with E-state index in [0.717, 1.165) is 37.4 Å². The molecule has 0 bridgehead atoms. The van der Waals surface area contributed by atoms with Gasteiger partial charge in [-0.3, -0.25) is 5.10 Å². The van der Waals surface area contributed by atoms with E-state index in [4.69, 9.17) is 4.74 Å². The molecule has 1 aliphatic heterocycles. The second kappa shape index (κ2) is 4.55. The van der Waals surface area contributed by atoms with Crippen LogP contribution in [0.2, 0.25) is 0 Å². The van der Waals surface area contributed by atoms with E-state index in [1.807, 2.05) is 6.92 Å². The molecule has 88 valence electrons. The molecule has 2 rings (SSSR count). The molecule has 1 N–H and O–H groups in total. The average Bonchev–Trinajstić information content (AvgIpc) is 2.71. The van der Waals surface area contributed by atoms with Crippen molar-refractivity contribution in [2.24, 2.45) is 0 Å². The van der Waals surface area contributed by atoms with Crippen molar-refractivity contribution in [3.05, 3.63) is 11.3 Å². The van der Waals surface area contributed by atoms with Crippen molar-refractivity contribution >= 4 is 11.8 Å². The first-order valence-electron chi connectivity index (χ1n) is 5.62. The number of aromatic nitrogens is 2. The van der Waals surface area contributed by atoms with E-state index in [2.05, 4.69) is 15.1 Å². The molecule has 5 heteroatoms. The number of piperidine rings is 1. The molecule has 5 nitrogen and oxygen atoms in total. The molecule has 1 aliphatic rings. The van der Waals surface area contributed by atoms with Gasteiger partial charge in [0.2, 0.25) is 0 Å². The van der Waals surface area contributed by atoms with Crippen LogP contribution in [0, 0.1) is 6.92 Å². The van der Waals surface area contributed by atoms with Gasteiger partial charge in [0.25, 0.3) is 0 Å². The van der Waals surface area contributed by atoms with Crippen LogP contribution in [0.1, 0.15) is 35.3 Å². The number of nitrogens with one attached hydrogen (secondary N) is 1. The first kappa shape index (κ1) is 11.0. The molecule has 0 atom stereocenters. The normalized spacial score (nSPS) is 16.2. The molecule has 0 radical (unpaired) electrons. The number of nitrogens with zero attached hydrogens (tertiary/aromatic N) is 2. The summed E-state index contributed by atoms with van der Waals surface area (Å²) < 4.78 is 4.78. The van der Waals surface area contributed by atoms with Crippen LogP contribution in [0.5, 0.6) is 0 Å². The molecule has 16 heavy (non-hydrogen) atoms.